The van der Waals surface area contributed by atoms with Crippen molar-refractivity contribution in [3.8, 4) is 28.6 Å². The maximum Gasteiger partial charge on any atom is 0.270 e. The van der Waals surface area contributed by atoms with Crippen molar-refractivity contribution in [1.82, 2.24) is 20.2 Å². The van der Waals surface area contributed by atoms with Crippen molar-refractivity contribution in [1.29, 1.82) is 0 Å². The molecule has 1 aromatic heterocycles. The summed E-state index contributed by atoms with van der Waals surface area (Å²) in [4.78, 5) is 23.3. The summed E-state index contributed by atoms with van der Waals surface area (Å²) in [5, 5.41) is 24.3. The van der Waals surface area contributed by atoms with Crippen molar-refractivity contribution in [3.63, 3.8) is 0 Å². The first-order chi connectivity index (χ1) is 19.0. The van der Waals surface area contributed by atoms with Crippen LogP contribution in [0.5, 0.6) is 11.5 Å². The van der Waals surface area contributed by atoms with Crippen LogP contribution < -0.4 is 14.9 Å². The molecule has 39 heavy (non-hydrogen) atoms. The molecule has 11 nitrogen and oxygen atoms in total. The van der Waals surface area contributed by atoms with E-state index in [0.29, 0.717) is 34.7 Å². The van der Waals surface area contributed by atoms with E-state index in [2.05, 4.69) is 20.7 Å². The Morgan fingerprint density at radius 1 is 1.10 bits per heavy atom. The van der Waals surface area contributed by atoms with Crippen LogP contribution in [0.4, 0.5) is 5.69 Å². The third kappa shape index (κ3) is 6.99. The molecule has 0 radical (unpaired) electrons. The maximum absolute atomic E-state index is 12.5. The van der Waals surface area contributed by atoms with E-state index in [-0.39, 0.29) is 17.3 Å². The number of amides is 1. The van der Waals surface area contributed by atoms with Gasteiger partial charge in [0.25, 0.3) is 11.6 Å². The second kappa shape index (κ2) is 13.2. The number of carbonyl (C=O) groups is 1. The van der Waals surface area contributed by atoms with Gasteiger partial charge in [-0.1, -0.05) is 49.0 Å². The van der Waals surface area contributed by atoms with Crippen molar-refractivity contribution >= 4 is 29.6 Å². The van der Waals surface area contributed by atoms with Gasteiger partial charge in [0, 0.05) is 23.4 Å². The molecule has 1 heterocycles. The van der Waals surface area contributed by atoms with Gasteiger partial charge in [-0.3, -0.25) is 19.5 Å². The predicted molar refractivity (Wildman–Crippen MR) is 149 cm³/mol. The number of carbonyl (C=O) groups excluding carboxylic acids is 1. The number of methoxy groups -OCH3 is 1. The van der Waals surface area contributed by atoms with Gasteiger partial charge in [-0.05, 0) is 42.3 Å². The summed E-state index contributed by atoms with van der Waals surface area (Å²) >= 11 is 1.17. The van der Waals surface area contributed by atoms with E-state index >= 15 is 0 Å². The van der Waals surface area contributed by atoms with Crippen LogP contribution in [-0.4, -0.2) is 51.3 Å². The van der Waals surface area contributed by atoms with Crippen molar-refractivity contribution in [2.24, 2.45) is 5.10 Å². The highest BCUT2D eigenvalue weighted by molar-refractivity contribution is 7.99. The third-order valence-electron chi connectivity index (χ3n) is 5.35. The summed E-state index contributed by atoms with van der Waals surface area (Å²) in [6.07, 6.45) is 2.40. The quantitative estimate of drug-likeness (QED) is 0.115. The summed E-state index contributed by atoms with van der Waals surface area (Å²) < 4.78 is 12.8. The number of hydrogen-bond acceptors (Lipinski definition) is 9. The largest absolute Gasteiger partial charge is 0.493 e. The summed E-state index contributed by atoms with van der Waals surface area (Å²) in [7, 11) is 1.56. The average Bonchev–Trinajstić information content (AvgIpc) is 3.40. The maximum atomic E-state index is 12.5. The number of nitrogens with zero attached hydrogens (tertiary/aromatic N) is 5. The summed E-state index contributed by atoms with van der Waals surface area (Å²) in [6.45, 7) is 2.61. The van der Waals surface area contributed by atoms with E-state index in [1.165, 1.54) is 30.1 Å². The molecular weight excluding hydrogens is 520 g/mol. The number of ether oxygens (including phenoxy) is 2. The molecule has 0 spiro atoms. The van der Waals surface area contributed by atoms with Crippen LogP contribution in [0.3, 0.4) is 0 Å². The number of rotatable bonds is 12. The van der Waals surface area contributed by atoms with Crippen molar-refractivity contribution in [2.75, 3.05) is 19.5 Å². The summed E-state index contributed by atoms with van der Waals surface area (Å²) in [6, 6.07) is 20.9. The van der Waals surface area contributed by atoms with E-state index in [4.69, 9.17) is 9.47 Å². The molecule has 0 aliphatic rings. The number of non-ortho nitro benzene ring substituents is 1. The normalized spacial score (nSPS) is 10.9. The predicted octanol–water partition coefficient (Wildman–Crippen LogP) is 4.88. The molecule has 0 fully saturated rings. The zero-order valence-corrected chi connectivity index (χ0v) is 22.1. The topological polar surface area (TPSA) is 134 Å². The first-order valence-corrected chi connectivity index (χ1v) is 13.0. The minimum atomic E-state index is -0.460. The molecule has 0 saturated carbocycles. The molecule has 0 atom stereocenters. The lowest BCUT2D eigenvalue weighted by Gasteiger charge is -2.10. The van der Waals surface area contributed by atoms with Gasteiger partial charge in [-0.2, -0.15) is 5.10 Å². The van der Waals surface area contributed by atoms with E-state index < -0.39 is 4.92 Å². The lowest BCUT2D eigenvalue weighted by Crippen LogP contribution is -2.20. The highest BCUT2D eigenvalue weighted by Gasteiger charge is 2.19. The minimum absolute atomic E-state index is 0.0182. The first kappa shape index (κ1) is 27.3. The Morgan fingerprint density at radius 2 is 1.92 bits per heavy atom. The fraction of sp³-hybridized carbons (Fsp3) is 0.185. The molecule has 12 heteroatoms. The molecule has 4 rings (SSSR count). The second-order valence-electron chi connectivity index (χ2n) is 8.13. The van der Waals surface area contributed by atoms with Crippen LogP contribution >= 0.6 is 11.8 Å². The molecule has 0 aliphatic heterocycles. The number of benzene rings is 3. The third-order valence-corrected chi connectivity index (χ3v) is 6.28. The average molecular weight is 547 g/mol. The Morgan fingerprint density at radius 3 is 2.67 bits per heavy atom. The number of thioether (sulfide) groups is 1. The molecule has 1 amide bonds. The molecule has 200 valence electrons. The number of hydrogen-bond donors (Lipinski definition) is 1. The zero-order valence-electron chi connectivity index (χ0n) is 21.3. The molecule has 0 saturated heterocycles. The van der Waals surface area contributed by atoms with Crippen LogP contribution in [-0.2, 0) is 4.79 Å². The van der Waals surface area contributed by atoms with Gasteiger partial charge >= 0.3 is 0 Å². The Kier molecular flexibility index (Phi) is 9.25. The van der Waals surface area contributed by atoms with Gasteiger partial charge in [0.2, 0.25) is 0 Å². The zero-order chi connectivity index (χ0) is 27.6. The lowest BCUT2D eigenvalue weighted by molar-refractivity contribution is -0.384. The molecule has 4 aromatic rings. The summed E-state index contributed by atoms with van der Waals surface area (Å²) in [5.74, 6) is 1.32. The Hall–Kier alpha value is -4.71. The van der Waals surface area contributed by atoms with Gasteiger partial charge in [0.1, 0.15) is 0 Å². The molecule has 0 bridgehead atoms. The fourth-order valence-electron chi connectivity index (χ4n) is 3.56. The standard InChI is InChI=1S/C27H26N6O5S/c1-3-14-38-23-13-12-19(15-24(23)37-2)17-28-29-25(34)18-39-27-31-30-26(32(27)21-9-5-4-6-10-21)20-8-7-11-22(16-20)33(35)36/h4-13,15-17H,3,14,18H2,1-2H3,(H,29,34). The Bertz CT molecular complexity index is 1470. The fourth-order valence-corrected chi connectivity index (χ4v) is 4.30. The van der Waals surface area contributed by atoms with Crippen LogP contribution in [0, 0.1) is 10.1 Å². The monoisotopic (exact) mass is 546 g/mol. The van der Waals surface area contributed by atoms with Crippen LogP contribution in [0.2, 0.25) is 0 Å². The smallest absolute Gasteiger partial charge is 0.270 e. The van der Waals surface area contributed by atoms with E-state index in [9.17, 15) is 14.9 Å². The van der Waals surface area contributed by atoms with Crippen molar-refractivity contribution in [3.05, 3.63) is 88.5 Å². The van der Waals surface area contributed by atoms with Gasteiger partial charge in [-0.15, -0.1) is 10.2 Å². The lowest BCUT2D eigenvalue weighted by atomic mass is 10.2. The number of para-hydroxylation sites is 1. The molecular formula is C27H26N6O5S. The van der Waals surface area contributed by atoms with Gasteiger partial charge in [-0.25, -0.2) is 5.43 Å². The molecule has 0 aliphatic carbocycles. The summed E-state index contributed by atoms with van der Waals surface area (Å²) in [5.41, 5.74) is 4.47. The number of nitro benzene ring substituents is 1. The molecule has 0 unspecified atom stereocenters. The van der Waals surface area contributed by atoms with Crippen LogP contribution in [0.25, 0.3) is 17.1 Å². The van der Waals surface area contributed by atoms with E-state index in [1.54, 1.807) is 35.9 Å². The van der Waals surface area contributed by atoms with Crippen molar-refractivity contribution in [2.45, 2.75) is 18.5 Å². The molecule has 1 N–H and O–H groups in total. The number of aromatic nitrogens is 3. The van der Waals surface area contributed by atoms with Crippen molar-refractivity contribution < 1.29 is 19.2 Å². The highest BCUT2D eigenvalue weighted by atomic mass is 32.2. The van der Waals surface area contributed by atoms with Gasteiger partial charge in [0.15, 0.2) is 22.5 Å². The minimum Gasteiger partial charge on any atom is -0.493 e. The van der Waals surface area contributed by atoms with Gasteiger partial charge < -0.3 is 9.47 Å². The van der Waals surface area contributed by atoms with Crippen LogP contribution in [0.1, 0.15) is 18.9 Å². The van der Waals surface area contributed by atoms with E-state index in [1.807, 2.05) is 43.3 Å². The second-order valence-corrected chi connectivity index (χ2v) is 9.07. The van der Waals surface area contributed by atoms with Gasteiger partial charge in [0.05, 0.1) is 30.6 Å². The Balaban J connectivity index is 1.46. The molecule has 3 aromatic carbocycles. The van der Waals surface area contributed by atoms with E-state index in [0.717, 1.165) is 17.7 Å². The first-order valence-electron chi connectivity index (χ1n) is 12.0. The number of nitro groups is 1. The number of nitrogens with one attached hydrogen (secondary N) is 1. The Labute approximate surface area is 229 Å². The highest BCUT2D eigenvalue weighted by Crippen LogP contribution is 2.30. The SMILES string of the molecule is CCCOc1ccc(C=NNC(=O)CSc2nnc(-c3cccc([N+](=O)[O-])c3)n2-c2ccccc2)cc1OC. The van der Waals surface area contributed by atoms with Crippen LogP contribution in [0.15, 0.2) is 83.1 Å². The number of hydrazone groups is 1.